The number of thioether (sulfide) groups is 1. The molecule has 1 atom stereocenters. The van der Waals surface area contributed by atoms with Crippen LogP contribution in [0.3, 0.4) is 0 Å². The zero-order valence-corrected chi connectivity index (χ0v) is 17.7. The van der Waals surface area contributed by atoms with Gasteiger partial charge in [-0.2, -0.15) is 5.26 Å². The predicted molar refractivity (Wildman–Crippen MR) is 112 cm³/mol. The number of benzene rings is 1. The highest BCUT2D eigenvalue weighted by atomic mass is 32.2. The minimum absolute atomic E-state index is 0.00216. The number of aromatic nitrogens is 2. The first-order chi connectivity index (χ1) is 13.2. The Morgan fingerprint density at radius 1 is 1.32 bits per heavy atom. The van der Waals surface area contributed by atoms with Crippen molar-refractivity contribution in [3.8, 4) is 17.3 Å². The molecule has 0 aliphatic heterocycles. The first-order valence-electron chi connectivity index (χ1n) is 9.23. The van der Waals surface area contributed by atoms with Gasteiger partial charge in [0.1, 0.15) is 11.6 Å². The van der Waals surface area contributed by atoms with Gasteiger partial charge < -0.3 is 10.3 Å². The minimum Gasteiger partial charge on any atom is -0.353 e. The summed E-state index contributed by atoms with van der Waals surface area (Å²) in [7, 11) is 0. The maximum Gasteiger partial charge on any atom is 0.270 e. The second-order valence-corrected chi connectivity index (χ2v) is 8.66. The Bertz CT molecular complexity index is 937. The van der Waals surface area contributed by atoms with Crippen LogP contribution in [-0.4, -0.2) is 27.7 Å². The Morgan fingerprint density at radius 2 is 1.96 bits per heavy atom. The molecule has 2 rings (SSSR count). The van der Waals surface area contributed by atoms with Gasteiger partial charge in [0, 0.05) is 11.6 Å². The number of nitrogens with zero attached hydrogens (tertiary/aromatic N) is 2. The number of nitriles is 1. The van der Waals surface area contributed by atoms with Gasteiger partial charge in [-0.15, -0.1) is 0 Å². The van der Waals surface area contributed by atoms with E-state index >= 15 is 0 Å². The fourth-order valence-corrected chi connectivity index (χ4v) is 3.19. The van der Waals surface area contributed by atoms with Crippen LogP contribution in [0.4, 0.5) is 0 Å². The summed E-state index contributed by atoms with van der Waals surface area (Å²) in [5, 5.41) is 12.6. The van der Waals surface area contributed by atoms with Crippen molar-refractivity contribution in [3.05, 3.63) is 45.7 Å². The van der Waals surface area contributed by atoms with Gasteiger partial charge in [-0.25, -0.2) is 4.98 Å². The Labute approximate surface area is 169 Å². The Balaban J connectivity index is 2.31. The topological polar surface area (TPSA) is 98.6 Å². The number of carbonyl (C=O) groups excluding carboxylic acids is 1. The average Bonchev–Trinajstić information content (AvgIpc) is 2.65. The van der Waals surface area contributed by atoms with E-state index in [0.717, 1.165) is 23.7 Å². The summed E-state index contributed by atoms with van der Waals surface area (Å²) in [6, 6.07) is 9.73. The zero-order valence-electron chi connectivity index (χ0n) is 16.9. The molecule has 0 unspecified atom stereocenters. The van der Waals surface area contributed by atoms with Crippen molar-refractivity contribution in [1.29, 1.82) is 5.26 Å². The highest BCUT2D eigenvalue weighted by Crippen LogP contribution is 2.27. The Hall–Kier alpha value is -2.59. The van der Waals surface area contributed by atoms with Gasteiger partial charge in [0.15, 0.2) is 5.16 Å². The van der Waals surface area contributed by atoms with Crippen LogP contribution < -0.4 is 10.9 Å². The monoisotopic (exact) mass is 398 g/mol. The zero-order chi connectivity index (χ0) is 20.9. The van der Waals surface area contributed by atoms with E-state index < -0.39 is 5.56 Å². The lowest BCUT2D eigenvalue weighted by molar-refractivity contribution is -0.119. The van der Waals surface area contributed by atoms with Crippen LogP contribution in [0, 0.1) is 11.3 Å². The Kier molecular flexibility index (Phi) is 7.03. The molecule has 0 saturated carbocycles. The van der Waals surface area contributed by atoms with E-state index in [1.807, 2.05) is 44.2 Å². The lowest BCUT2D eigenvalue weighted by atomic mass is 9.86. The quantitative estimate of drug-likeness (QED) is 0.572. The van der Waals surface area contributed by atoms with Crippen LogP contribution in [0.5, 0.6) is 0 Å². The SMILES string of the molecule is CC[C@@H](C)NC(=O)CSc1nc(-c2ccc(C(C)(C)C)cc2)c(C#N)c(=O)[nH]1. The predicted octanol–water partition coefficient (Wildman–Crippen LogP) is 3.61. The number of H-pyrrole nitrogens is 1. The molecule has 0 aliphatic rings. The molecule has 0 spiro atoms. The van der Waals surface area contributed by atoms with Gasteiger partial charge in [-0.3, -0.25) is 9.59 Å². The van der Waals surface area contributed by atoms with Gasteiger partial charge in [0.05, 0.1) is 11.4 Å². The first kappa shape index (κ1) is 21.7. The average molecular weight is 399 g/mol. The summed E-state index contributed by atoms with van der Waals surface area (Å²) in [6.07, 6.45) is 0.844. The van der Waals surface area contributed by atoms with Gasteiger partial charge in [0.2, 0.25) is 5.91 Å². The first-order valence-corrected chi connectivity index (χ1v) is 10.2. The molecule has 0 aliphatic carbocycles. The number of aromatic amines is 1. The number of rotatable bonds is 6. The van der Waals surface area contributed by atoms with Crippen molar-refractivity contribution in [1.82, 2.24) is 15.3 Å². The van der Waals surface area contributed by atoms with Crippen LogP contribution in [-0.2, 0) is 10.2 Å². The molecule has 28 heavy (non-hydrogen) atoms. The number of hydrogen-bond acceptors (Lipinski definition) is 5. The molecule has 2 N–H and O–H groups in total. The van der Waals surface area contributed by atoms with E-state index in [2.05, 4.69) is 36.1 Å². The molecule has 1 aromatic heterocycles. The van der Waals surface area contributed by atoms with Crippen molar-refractivity contribution >= 4 is 17.7 Å². The van der Waals surface area contributed by atoms with Crippen LogP contribution in [0.1, 0.15) is 52.2 Å². The van der Waals surface area contributed by atoms with Crippen LogP contribution in [0.2, 0.25) is 0 Å². The van der Waals surface area contributed by atoms with Crippen LogP contribution in [0.25, 0.3) is 11.3 Å². The molecule has 0 saturated heterocycles. The standard InChI is InChI=1S/C21H26N4O2S/c1-6-13(2)23-17(26)12-28-20-24-18(16(11-22)19(27)25-20)14-7-9-15(10-8-14)21(3,4)5/h7-10,13H,6,12H2,1-5H3,(H,23,26)(H,24,25,27)/t13-/m1/s1. The lowest BCUT2D eigenvalue weighted by Crippen LogP contribution is -2.33. The molecule has 0 bridgehead atoms. The molecule has 2 aromatic rings. The maximum atomic E-state index is 12.3. The van der Waals surface area contributed by atoms with E-state index in [-0.39, 0.29) is 28.7 Å². The summed E-state index contributed by atoms with van der Waals surface area (Å²) >= 11 is 1.14. The van der Waals surface area contributed by atoms with Crippen molar-refractivity contribution < 1.29 is 4.79 Å². The van der Waals surface area contributed by atoms with Crippen molar-refractivity contribution in [3.63, 3.8) is 0 Å². The third-order valence-electron chi connectivity index (χ3n) is 4.39. The normalized spacial score (nSPS) is 12.3. The largest absolute Gasteiger partial charge is 0.353 e. The lowest BCUT2D eigenvalue weighted by Gasteiger charge is -2.19. The molecule has 0 radical (unpaired) electrons. The summed E-state index contributed by atoms with van der Waals surface area (Å²) in [5.74, 6) is 0.0177. The van der Waals surface area contributed by atoms with E-state index in [4.69, 9.17) is 0 Å². The molecule has 7 heteroatoms. The molecule has 1 heterocycles. The molecule has 6 nitrogen and oxygen atoms in total. The fourth-order valence-electron chi connectivity index (χ4n) is 2.51. The second kappa shape index (κ2) is 9.07. The Morgan fingerprint density at radius 3 is 2.50 bits per heavy atom. The molecule has 1 aromatic carbocycles. The molecular formula is C21H26N4O2S. The van der Waals surface area contributed by atoms with E-state index in [9.17, 15) is 14.9 Å². The number of hydrogen-bond donors (Lipinski definition) is 2. The van der Waals surface area contributed by atoms with Gasteiger partial charge in [-0.05, 0) is 24.3 Å². The van der Waals surface area contributed by atoms with Gasteiger partial charge in [-0.1, -0.05) is 63.7 Å². The van der Waals surface area contributed by atoms with E-state index in [1.165, 1.54) is 0 Å². The van der Waals surface area contributed by atoms with Crippen LogP contribution in [0.15, 0.2) is 34.2 Å². The van der Waals surface area contributed by atoms with E-state index in [0.29, 0.717) is 16.4 Å². The van der Waals surface area contributed by atoms with E-state index in [1.54, 1.807) is 0 Å². The summed E-state index contributed by atoms with van der Waals surface area (Å²) in [6.45, 7) is 10.3. The molecule has 148 valence electrons. The smallest absolute Gasteiger partial charge is 0.270 e. The van der Waals surface area contributed by atoms with Crippen LogP contribution >= 0.6 is 11.8 Å². The van der Waals surface area contributed by atoms with Gasteiger partial charge >= 0.3 is 0 Å². The number of nitrogens with one attached hydrogen (secondary N) is 2. The van der Waals surface area contributed by atoms with Crippen molar-refractivity contribution in [2.45, 2.75) is 57.7 Å². The molecule has 0 fully saturated rings. The highest BCUT2D eigenvalue weighted by Gasteiger charge is 2.17. The van der Waals surface area contributed by atoms with Crippen molar-refractivity contribution in [2.75, 3.05) is 5.75 Å². The van der Waals surface area contributed by atoms with Crippen molar-refractivity contribution in [2.24, 2.45) is 0 Å². The second-order valence-electron chi connectivity index (χ2n) is 7.70. The number of carbonyl (C=O) groups is 1. The minimum atomic E-state index is -0.503. The summed E-state index contributed by atoms with van der Waals surface area (Å²) in [5.41, 5.74) is 1.64. The summed E-state index contributed by atoms with van der Waals surface area (Å²) in [4.78, 5) is 31.3. The maximum absolute atomic E-state index is 12.3. The fraction of sp³-hybridized carbons (Fsp3) is 0.429. The third-order valence-corrected chi connectivity index (χ3v) is 5.27. The number of amides is 1. The summed E-state index contributed by atoms with van der Waals surface area (Å²) < 4.78 is 0. The molecule has 1 amide bonds. The molecular weight excluding hydrogens is 372 g/mol. The van der Waals surface area contributed by atoms with Gasteiger partial charge in [0.25, 0.3) is 5.56 Å². The third kappa shape index (κ3) is 5.46. The highest BCUT2D eigenvalue weighted by molar-refractivity contribution is 7.99.